The summed E-state index contributed by atoms with van der Waals surface area (Å²) in [6.07, 6.45) is 2.39. The number of nitrogens with zero attached hydrogens (tertiary/aromatic N) is 1. The topological polar surface area (TPSA) is 131 Å². The first-order chi connectivity index (χ1) is 13.7. The fourth-order valence-electron chi connectivity index (χ4n) is 3.10. The fourth-order valence-corrected chi connectivity index (χ4v) is 4.40. The average molecular weight is 419 g/mol. The number of hydrogen-bond acceptors (Lipinski definition) is 7. The number of rotatable bonds is 8. The molecule has 29 heavy (non-hydrogen) atoms. The summed E-state index contributed by atoms with van der Waals surface area (Å²) in [4.78, 5) is 27.3. The minimum Gasteiger partial charge on any atom is -0.456 e. The third-order valence-electron chi connectivity index (χ3n) is 4.49. The lowest BCUT2D eigenvalue weighted by Gasteiger charge is -2.07. The predicted octanol–water partition coefficient (Wildman–Crippen LogP) is 2.04. The molecule has 9 nitrogen and oxygen atoms in total. The number of carbonyl (C=O) groups excluding carboxylic acids is 2. The zero-order valence-corrected chi connectivity index (χ0v) is 17.1. The normalized spacial score (nSPS) is 11.7. The summed E-state index contributed by atoms with van der Waals surface area (Å²) in [7, 11) is -3.99. The van der Waals surface area contributed by atoms with Crippen LogP contribution in [0, 0.1) is 13.8 Å². The molecule has 0 aliphatic rings. The van der Waals surface area contributed by atoms with Crippen molar-refractivity contribution in [2.75, 3.05) is 13.2 Å². The number of Topliss-reactive ketones (excluding diaryl/α,β-unsaturated/α-hetero) is 1. The molecule has 0 radical (unpaired) electrons. The smallest absolute Gasteiger partial charge is 0.321 e. The van der Waals surface area contributed by atoms with Crippen molar-refractivity contribution in [2.45, 2.75) is 32.1 Å². The Morgan fingerprint density at radius 1 is 1.28 bits per heavy atom. The van der Waals surface area contributed by atoms with Crippen LogP contribution in [0.4, 0.5) is 0 Å². The molecule has 0 amide bonds. The summed E-state index contributed by atoms with van der Waals surface area (Å²) in [6, 6.07) is 5.65. The van der Waals surface area contributed by atoms with Crippen molar-refractivity contribution in [1.29, 1.82) is 0 Å². The van der Waals surface area contributed by atoms with Gasteiger partial charge in [0.2, 0.25) is 15.8 Å². The van der Waals surface area contributed by atoms with Crippen molar-refractivity contribution in [3.05, 3.63) is 47.0 Å². The molecule has 0 atom stereocenters. The van der Waals surface area contributed by atoms with E-state index in [1.165, 1.54) is 13.8 Å². The van der Waals surface area contributed by atoms with E-state index in [-0.39, 0.29) is 22.1 Å². The first-order valence-electron chi connectivity index (χ1n) is 8.95. The van der Waals surface area contributed by atoms with E-state index < -0.39 is 29.1 Å². The Labute approximate surface area is 167 Å². The molecule has 2 aromatic heterocycles. The van der Waals surface area contributed by atoms with Crippen molar-refractivity contribution >= 4 is 32.7 Å². The first kappa shape index (κ1) is 20.7. The van der Waals surface area contributed by atoms with E-state index in [1.54, 1.807) is 6.20 Å². The van der Waals surface area contributed by atoms with Gasteiger partial charge in [0, 0.05) is 22.7 Å². The Kier molecular flexibility index (Phi) is 5.85. The van der Waals surface area contributed by atoms with Gasteiger partial charge in [-0.1, -0.05) is 30.3 Å². The molecule has 0 unspecified atom stereocenters. The standard InChI is InChI=1S/C19H21N3O6S/c1-4-13-6-5-7-14-15(8-20-18(13)14)16(23)10-27-17(24)9-21-29(25,26)19-11(2)22-28-12(19)3/h5-8,20-21H,4,9-10H2,1-3H3. The maximum atomic E-state index is 12.4. The highest BCUT2D eigenvalue weighted by Gasteiger charge is 2.25. The lowest BCUT2D eigenvalue weighted by molar-refractivity contribution is -0.141. The zero-order valence-electron chi connectivity index (χ0n) is 16.2. The van der Waals surface area contributed by atoms with E-state index in [1.807, 2.05) is 25.1 Å². The number of ketones is 1. The van der Waals surface area contributed by atoms with Gasteiger partial charge in [-0.05, 0) is 25.8 Å². The molecule has 2 N–H and O–H groups in total. The second-order valence-electron chi connectivity index (χ2n) is 6.46. The molecule has 154 valence electrons. The van der Waals surface area contributed by atoms with E-state index in [9.17, 15) is 18.0 Å². The zero-order chi connectivity index (χ0) is 21.2. The molecule has 2 heterocycles. The Morgan fingerprint density at radius 2 is 2.03 bits per heavy atom. The summed E-state index contributed by atoms with van der Waals surface area (Å²) in [5, 5.41) is 4.33. The number of H-pyrrole nitrogens is 1. The van der Waals surface area contributed by atoms with Gasteiger partial charge in [0.1, 0.15) is 17.1 Å². The van der Waals surface area contributed by atoms with E-state index >= 15 is 0 Å². The molecule has 0 aliphatic heterocycles. The van der Waals surface area contributed by atoms with Crippen LogP contribution in [0.3, 0.4) is 0 Å². The molecule has 1 aromatic carbocycles. The molecule has 3 aromatic rings. The number of carbonyl (C=O) groups is 2. The maximum Gasteiger partial charge on any atom is 0.321 e. The largest absolute Gasteiger partial charge is 0.456 e. The van der Waals surface area contributed by atoms with Crippen LogP contribution in [0.2, 0.25) is 0 Å². The molecule has 0 saturated heterocycles. The summed E-state index contributed by atoms with van der Waals surface area (Å²) < 4.78 is 36.5. The Balaban J connectivity index is 1.61. The van der Waals surface area contributed by atoms with Crippen LogP contribution in [0.25, 0.3) is 10.9 Å². The number of fused-ring (bicyclic) bond motifs is 1. The first-order valence-corrected chi connectivity index (χ1v) is 10.4. The van der Waals surface area contributed by atoms with Gasteiger partial charge >= 0.3 is 5.97 Å². The van der Waals surface area contributed by atoms with Crippen molar-refractivity contribution in [3.8, 4) is 0 Å². The Morgan fingerprint density at radius 3 is 2.69 bits per heavy atom. The van der Waals surface area contributed by atoms with Crippen LogP contribution in [0.15, 0.2) is 33.8 Å². The van der Waals surface area contributed by atoms with Gasteiger partial charge in [0.15, 0.2) is 12.4 Å². The number of aryl methyl sites for hydroxylation is 3. The number of sulfonamides is 1. The highest BCUT2D eigenvalue weighted by molar-refractivity contribution is 7.89. The van der Waals surface area contributed by atoms with Crippen LogP contribution in [-0.2, 0) is 26.0 Å². The molecule has 0 saturated carbocycles. The van der Waals surface area contributed by atoms with Gasteiger partial charge < -0.3 is 14.2 Å². The summed E-state index contributed by atoms with van der Waals surface area (Å²) in [6.45, 7) is 3.84. The van der Waals surface area contributed by atoms with Crippen LogP contribution in [0.1, 0.15) is 34.3 Å². The van der Waals surface area contributed by atoms with E-state index in [0.29, 0.717) is 5.56 Å². The number of esters is 1. The van der Waals surface area contributed by atoms with Gasteiger partial charge in [-0.2, -0.15) is 4.72 Å². The van der Waals surface area contributed by atoms with Crippen molar-refractivity contribution in [3.63, 3.8) is 0 Å². The van der Waals surface area contributed by atoms with Crippen LogP contribution in [0.5, 0.6) is 0 Å². The SMILES string of the molecule is CCc1cccc2c(C(=O)COC(=O)CNS(=O)(=O)c3c(C)noc3C)c[nH]c12. The number of benzene rings is 1. The second kappa shape index (κ2) is 8.18. The fraction of sp³-hybridized carbons (Fsp3) is 0.316. The molecular formula is C19H21N3O6S. The van der Waals surface area contributed by atoms with Gasteiger partial charge in [-0.25, -0.2) is 8.42 Å². The lowest BCUT2D eigenvalue weighted by Crippen LogP contribution is -2.32. The van der Waals surface area contributed by atoms with Crippen LogP contribution in [-0.4, -0.2) is 43.5 Å². The van der Waals surface area contributed by atoms with Crippen molar-refractivity contribution < 1.29 is 27.3 Å². The Bertz CT molecular complexity index is 1160. The van der Waals surface area contributed by atoms with Crippen molar-refractivity contribution in [1.82, 2.24) is 14.9 Å². The monoisotopic (exact) mass is 419 g/mol. The number of aromatic amines is 1. The summed E-state index contributed by atoms with van der Waals surface area (Å²) >= 11 is 0. The third kappa shape index (κ3) is 4.22. The highest BCUT2D eigenvalue weighted by Crippen LogP contribution is 2.22. The number of hydrogen-bond donors (Lipinski definition) is 2. The van der Waals surface area contributed by atoms with Gasteiger partial charge in [-0.3, -0.25) is 9.59 Å². The number of ether oxygens (including phenoxy) is 1. The van der Waals surface area contributed by atoms with Gasteiger partial charge in [0.05, 0.1) is 0 Å². The molecule has 0 aliphatic carbocycles. The van der Waals surface area contributed by atoms with E-state index in [0.717, 1.165) is 22.9 Å². The minimum atomic E-state index is -3.99. The highest BCUT2D eigenvalue weighted by atomic mass is 32.2. The molecule has 0 spiro atoms. The molecule has 0 fully saturated rings. The minimum absolute atomic E-state index is 0.115. The van der Waals surface area contributed by atoms with Crippen LogP contribution >= 0.6 is 0 Å². The number of aromatic nitrogens is 2. The molecular weight excluding hydrogens is 398 g/mol. The molecule has 0 bridgehead atoms. The number of nitrogens with one attached hydrogen (secondary N) is 2. The number of para-hydroxylation sites is 1. The third-order valence-corrected chi connectivity index (χ3v) is 6.14. The second-order valence-corrected chi connectivity index (χ2v) is 8.16. The average Bonchev–Trinajstić information content (AvgIpc) is 3.27. The predicted molar refractivity (Wildman–Crippen MR) is 104 cm³/mol. The molecule has 10 heteroatoms. The quantitative estimate of drug-likeness (QED) is 0.422. The van der Waals surface area contributed by atoms with Crippen LogP contribution < -0.4 is 4.72 Å². The van der Waals surface area contributed by atoms with Crippen molar-refractivity contribution in [2.24, 2.45) is 0 Å². The molecule has 3 rings (SSSR count). The van der Waals surface area contributed by atoms with E-state index in [4.69, 9.17) is 9.26 Å². The summed E-state index contributed by atoms with van der Waals surface area (Å²) in [5.41, 5.74) is 2.55. The van der Waals surface area contributed by atoms with Gasteiger partial charge in [0.25, 0.3) is 0 Å². The summed E-state index contributed by atoms with van der Waals surface area (Å²) in [5.74, 6) is -1.14. The maximum absolute atomic E-state index is 12.4. The van der Waals surface area contributed by atoms with E-state index in [2.05, 4.69) is 14.9 Å². The Hall–Kier alpha value is -2.98. The lowest BCUT2D eigenvalue weighted by atomic mass is 10.1. The van der Waals surface area contributed by atoms with Gasteiger partial charge in [-0.15, -0.1) is 0 Å².